The van der Waals surface area contributed by atoms with Crippen LogP contribution in [0.4, 0.5) is 5.69 Å². The molecular weight excluding hydrogens is 655 g/mol. The lowest BCUT2D eigenvalue weighted by atomic mass is 9.64. The highest BCUT2D eigenvalue weighted by atomic mass is 127. The Bertz CT molecular complexity index is 1450. The summed E-state index contributed by atoms with van der Waals surface area (Å²) in [5.41, 5.74) is 4.23. The van der Waals surface area contributed by atoms with Gasteiger partial charge in [0.1, 0.15) is 0 Å². The van der Waals surface area contributed by atoms with Crippen LogP contribution in [0.15, 0.2) is 58.9 Å². The smallest absolute Gasteiger partial charge is 0.262 e. The minimum atomic E-state index is -0.488. The second-order valence-corrected chi connectivity index (χ2v) is 14.2. The van der Waals surface area contributed by atoms with Gasteiger partial charge >= 0.3 is 0 Å². The van der Waals surface area contributed by atoms with Gasteiger partial charge < -0.3 is 20.1 Å². The molecule has 2 aromatic carbocycles. The Labute approximate surface area is 259 Å². The van der Waals surface area contributed by atoms with E-state index >= 15 is 0 Å². The molecule has 1 aliphatic heterocycles. The van der Waals surface area contributed by atoms with E-state index in [1.807, 2.05) is 12.1 Å². The van der Waals surface area contributed by atoms with Crippen LogP contribution in [0.5, 0.6) is 11.5 Å². The zero-order valence-corrected chi connectivity index (χ0v) is 26.8. The van der Waals surface area contributed by atoms with E-state index in [4.69, 9.17) is 21.1 Å². The fourth-order valence-electron chi connectivity index (χ4n) is 6.14. The summed E-state index contributed by atoms with van der Waals surface area (Å²) in [5, 5.41) is 6.91. The molecule has 0 fully saturated rings. The molecule has 0 atom stereocenters. The van der Waals surface area contributed by atoms with E-state index in [9.17, 15) is 14.4 Å². The van der Waals surface area contributed by atoms with Gasteiger partial charge in [-0.05, 0) is 88.2 Å². The third kappa shape index (κ3) is 6.18. The number of halogens is 2. The number of rotatable bonds is 6. The first-order valence-corrected chi connectivity index (χ1v) is 15.1. The number of Topliss-reactive ketones (excluding diaryl/α,β-unsaturated/α-hetero) is 2. The number of anilines is 1. The van der Waals surface area contributed by atoms with Gasteiger partial charge in [0.15, 0.2) is 29.7 Å². The first kappa shape index (κ1) is 29.6. The molecule has 0 spiro atoms. The maximum Gasteiger partial charge on any atom is 0.262 e. The molecule has 0 aromatic heterocycles. The number of dihydropyridines is 1. The third-order valence-electron chi connectivity index (χ3n) is 7.78. The molecule has 41 heavy (non-hydrogen) atoms. The van der Waals surface area contributed by atoms with Gasteiger partial charge in [0.25, 0.3) is 5.91 Å². The lowest BCUT2D eigenvalue weighted by Crippen LogP contribution is -2.42. The number of hydrogen-bond acceptors (Lipinski definition) is 6. The third-order valence-corrected chi connectivity index (χ3v) is 8.83. The molecule has 0 radical (unpaired) electrons. The highest BCUT2D eigenvalue weighted by Crippen LogP contribution is 2.52. The van der Waals surface area contributed by atoms with Crippen LogP contribution in [0.2, 0.25) is 5.02 Å². The highest BCUT2D eigenvalue weighted by Gasteiger charge is 2.46. The Hall–Kier alpha value is -2.85. The SMILES string of the molecule is COc1cc(C2C3=C(CC(C)(C)CC3=O)NC3=C2C(=O)CC(C)(C)C3)cc(I)c1OCC(=O)Nc1ccc(Cl)cc1. The Morgan fingerprint density at radius 1 is 0.976 bits per heavy atom. The van der Waals surface area contributed by atoms with E-state index in [0.717, 1.165) is 29.8 Å². The summed E-state index contributed by atoms with van der Waals surface area (Å²) in [6.07, 6.45) is 2.30. The molecule has 0 unspecified atom stereocenters. The van der Waals surface area contributed by atoms with Crippen LogP contribution in [0, 0.1) is 14.4 Å². The van der Waals surface area contributed by atoms with Crippen molar-refractivity contribution >= 4 is 57.4 Å². The number of nitrogens with one attached hydrogen (secondary N) is 2. The van der Waals surface area contributed by atoms with Crippen molar-refractivity contribution in [2.24, 2.45) is 10.8 Å². The molecule has 1 amide bonds. The van der Waals surface area contributed by atoms with Gasteiger partial charge in [-0.15, -0.1) is 0 Å². The minimum Gasteiger partial charge on any atom is -0.493 e. The first-order chi connectivity index (χ1) is 19.3. The molecule has 0 saturated heterocycles. The monoisotopic (exact) mass is 688 g/mol. The molecule has 9 heteroatoms. The summed E-state index contributed by atoms with van der Waals surface area (Å²) in [6.45, 7) is 8.19. The van der Waals surface area contributed by atoms with Gasteiger partial charge in [-0.3, -0.25) is 14.4 Å². The fourth-order valence-corrected chi connectivity index (χ4v) is 7.04. The number of hydrogen-bond donors (Lipinski definition) is 2. The molecular formula is C32H34ClIN2O5. The van der Waals surface area contributed by atoms with Crippen LogP contribution in [0.1, 0.15) is 64.9 Å². The molecule has 2 aliphatic carbocycles. The van der Waals surface area contributed by atoms with Gasteiger partial charge in [-0.2, -0.15) is 0 Å². The number of carbonyl (C=O) groups excluding carboxylic acids is 3. The Kier molecular flexibility index (Phi) is 8.02. The van der Waals surface area contributed by atoms with Gasteiger partial charge in [-0.25, -0.2) is 0 Å². The summed E-state index contributed by atoms with van der Waals surface area (Å²) in [5.74, 6) is 0.159. The van der Waals surface area contributed by atoms with E-state index in [-0.39, 0.29) is 34.9 Å². The zero-order chi connectivity index (χ0) is 29.7. The van der Waals surface area contributed by atoms with Gasteiger partial charge in [0, 0.05) is 52.0 Å². The Morgan fingerprint density at radius 2 is 1.54 bits per heavy atom. The van der Waals surface area contributed by atoms with Crippen molar-refractivity contribution in [3.8, 4) is 11.5 Å². The predicted octanol–water partition coefficient (Wildman–Crippen LogP) is 6.94. The summed E-state index contributed by atoms with van der Waals surface area (Å²) in [4.78, 5) is 39.9. The predicted molar refractivity (Wildman–Crippen MR) is 167 cm³/mol. The van der Waals surface area contributed by atoms with Crippen LogP contribution in [0.25, 0.3) is 0 Å². The van der Waals surface area contributed by atoms with Crippen LogP contribution >= 0.6 is 34.2 Å². The van der Waals surface area contributed by atoms with E-state index in [1.54, 1.807) is 24.3 Å². The van der Waals surface area contributed by atoms with Crippen LogP contribution < -0.4 is 20.1 Å². The second kappa shape index (κ2) is 11.1. The number of methoxy groups -OCH3 is 1. The number of ketones is 2. The Morgan fingerprint density at radius 3 is 2.07 bits per heavy atom. The van der Waals surface area contributed by atoms with Crippen molar-refractivity contribution in [1.82, 2.24) is 5.32 Å². The molecule has 0 bridgehead atoms. The van der Waals surface area contributed by atoms with Crippen LogP contribution in [-0.4, -0.2) is 31.2 Å². The number of carbonyl (C=O) groups is 3. The minimum absolute atomic E-state index is 0.0612. The van der Waals surface area contributed by atoms with E-state index in [0.29, 0.717) is 49.8 Å². The molecule has 1 heterocycles. The summed E-state index contributed by atoms with van der Waals surface area (Å²) in [6, 6.07) is 10.6. The fraction of sp³-hybridized carbons (Fsp3) is 0.406. The van der Waals surface area contributed by atoms with E-state index in [2.05, 4.69) is 60.9 Å². The average Bonchev–Trinajstić information content (AvgIpc) is 2.86. The molecule has 3 aliphatic rings. The maximum atomic E-state index is 13.6. The summed E-state index contributed by atoms with van der Waals surface area (Å²) in [7, 11) is 1.54. The van der Waals surface area contributed by atoms with Crippen molar-refractivity contribution in [1.29, 1.82) is 0 Å². The zero-order valence-electron chi connectivity index (χ0n) is 23.9. The van der Waals surface area contributed by atoms with Gasteiger partial charge in [0.2, 0.25) is 0 Å². The lowest BCUT2D eigenvalue weighted by Gasteiger charge is -2.44. The van der Waals surface area contributed by atoms with Crippen molar-refractivity contribution < 1.29 is 23.9 Å². The van der Waals surface area contributed by atoms with Crippen molar-refractivity contribution in [3.63, 3.8) is 0 Å². The van der Waals surface area contributed by atoms with Crippen LogP contribution in [0.3, 0.4) is 0 Å². The number of allylic oxidation sites excluding steroid dienone is 4. The Balaban J connectivity index is 1.50. The molecule has 2 aromatic rings. The largest absolute Gasteiger partial charge is 0.493 e. The average molecular weight is 689 g/mol. The number of ether oxygens (including phenoxy) is 2. The summed E-state index contributed by atoms with van der Waals surface area (Å²) < 4.78 is 12.4. The van der Waals surface area contributed by atoms with Gasteiger partial charge in [0.05, 0.1) is 10.7 Å². The lowest BCUT2D eigenvalue weighted by molar-refractivity contribution is -0.119. The van der Waals surface area contributed by atoms with Crippen LogP contribution in [-0.2, 0) is 14.4 Å². The maximum absolute atomic E-state index is 13.6. The quantitative estimate of drug-likeness (QED) is 0.320. The molecule has 7 nitrogen and oxygen atoms in total. The van der Waals surface area contributed by atoms with Crippen molar-refractivity contribution in [2.45, 2.75) is 59.3 Å². The summed E-state index contributed by atoms with van der Waals surface area (Å²) >= 11 is 8.08. The highest BCUT2D eigenvalue weighted by molar-refractivity contribution is 14.1. The number of benzene rings is 2. The van der Waals surface area contributed by atoms with E-state index < -0.39 is 5.92 Å². The molecule has 0 saturated carbocycles. The standard InChI is InChI=1S/C32H34ClIN2O5/c1-31(2)12-21-28(23(37)14-31)27(29-22(36-21)13-32(3,4)15-24(29)38)17-10-20(34)30(25(11-17)40-5)41-16-26(39)35-19-8-6-18(33)7-9-19/h6-11,27,36H,12-16H2,1-5H3,(H,35,39). The topological polar surface area (TPSA) is 93.7 Å². The molecule has 216 valence electrons. The van der Waals surface area contributed by atoms with Crippen molar-refractivity contribution in [2.75, 3.05) is 19.0 Å². The second-order valence-electron chi connectivity index (χ2n) is 12.6. The van der Waals surface area contributed by atoms with Crippen molar-refractivity contribution in [3.05, 3.63) is 73.1 Å². The first-order valence-electron chi connectivity index (χ1n) is 13.6. The van der Waals surface area contributed by atoms with E-state index in [1.165, 1.54) is 7.11 Å². The number of amides is 1. The normalized spacial score (nSPS) is 19.8. The molecule has 2 N–H and O–H groups in total. The van der Waals surface area contributed by atoms with Gasteiger partial charge in [-0.1, -0.05) is 39.3 Å². The molecule has 5 rings (SSSR count).